The van der Waals surface area contributed by atoms with E-state index in [-0.39, 0.29) is 22.6 Å². The van der Waals surface area contributed by atoms with Crippen LogP contribution in [0.15, 0.2) is 40.1 Å². The number of nitrogens with zero attached hydrogens (tertiary/aromatic N) is 2. The molecule has 2 fully saturated rings. The van der Waals surface area contributed by atoms with Crippen LogP contribution in [0.4, 0.5) is 4.39 Å². The third kappa shape index (κ3) is 5.65. The molecule has 9 heteroatoms. The summed E-state index contributed by atoms with van der Waals surface area (Å²) < 4.78 is 21.5. The number of likely N-dealkylation sites (N-methyl/N-ethyl adjacent to an activating group) is 1. The monoisotopic (exact) mass is 445 g/mol. The molecule has 0 unspecified atom stereocenters. The van der Waals surface area contributed by atoms with Crippen molar-refractivity contribution in [3.05, 3.63) is 62.7 Å². The molecule has 0 spiro atoms. The molecule has 32 heavy (non-hydrogen) atoms. The van der Waals surface area contributed by atoms with Gasteiger partial charge in [-0.15, -0.1) is 0 Å². The van der Waals surface area contributed by atoms with Gasteiger partial charge in [-0.1, -0.05) is 12.5 Å². The first-order valence-electron chi connectivity index (χ1n) is 11.4. The smallest absolute Gasteiger partial charge is 0.328 e. The molecule has 1 saturated carbocycles. The zero-order chi connectivity index (χ0) is 22.6. The summed E-state index contributed by atoms with van der Waals surface area (Å²) in [6.07, 6.45) is 6.61. The molecule has 3 N–H and O–H groups in total. The Kier molecular flexibility index (Phi) is 7.07. The van der Waals surface area contributed by atoms with Crippen LogP contribution in [0, 0.1) is 11.7 Å². The molecule has 2 heterocycles. The average Bonchev–Trinajstić information content (AvgIpc) is 3.56. The van der Waals surface area contributed by atoms with Gasteiger partial charge in [-0.05, 0) is 56.3 Å². The third-order valence-electron chi connectivity index (χ3n) is 6.16. The number of hydrogen-bond donors (Lipinski definition) is 3. The van der Waals surface area contributed by atoms with E-state index in [1.165, 1.54) is 35.7 Å². The number of unbranched alkanes of at least 4 members (excludes halogenated alkanes) is 2. The Labute approximate surface area is 186 Å². The quantitative estimate of drug-likeness (QED) is 0.339. The Morgan fingerprint density at radius 1 is 1.19 bits per heavy atom. The zero-order valence-electron chi connectivity index (χ0n) is 18.5. The number of H-pyrrole nitrogens is 1. The third-order valence-corrected chi connectivity index (χ3v) is 6.16. The Balaban J connectivity index is 1.24. The minimum atomic E-state index is -0.375. The summed E-state index contributed by atoms with van der Waals surface area (Å²) >= 11 is 0. The molecule has 8 nitrogen and oxygen atoms in total. The average molecular weight is 446 g/mol. The van der Waals surface area contributed by atoms with Crippen molar-refractivity contribution >= 4 is 0 Å². The van der Waals surface area contributed by atoms with E-state index in [1.807, 2.05) is 12.1 Å². The van der Waals surface area contributed by atoms with Gasteiger partial charge in [0.2, 0.25) is 0 Å². The Hall–Kier alpha value is -2.49. The van der Waals surface area contributed by atoms with E-state index in [0.717, 1.165) is 44.5 Å². The van der Waals surface area contributed by atoms with Crippen molar-refractivity contribution in [2.24, 2.45) is 5.92 Å². The molecule has 174 valence electrons. The molecular weight excluding hydrogens is 413 g/mol. The Morgan fingerprint density at radius 3 is 2.72 bits per heavy atom. The van der Waals surface area contributed by atoms with Crippen LogP contribution >= 0.6 is 0 Å². The predicted molar refractivity (Wildman–Crippen MR) is 120 cm³/mol. The predicted octanol–water partition coefficient (Wildman–Crippen LogP) is 1.57. The molecule has 2 aliphatic rings. The van der Waals surface area contributed by atoms with Crippen LogP contribution in [0.25, 0.3) is 0 Å². The van der Waals surface area contributed by atoms with Gasteiger partial charge in [0.25, 0.3) is 5.56 Å². The second-order valence-corrected chi connectivity index (χ2v) is 9.07. The van der Waals surface area contributed by atoms with Crippen LogP contribution in [0.1, 0.15) is 37.7 Å². The topological polar surface area (TPSA) is 91.4 Å². The van der Waals surface area contributed by atoms with Gasteiger partial charge in [0, 0.05) is 38.4 Å². The molecule has 1 aliphatic carbocycles. The number of halogens is 1. The molecule has 0 amide bonds. The van der Waals surface area contributed by atoms with E-state index in [2.05, 4.69) is 27.8 Å². The number of aromatic amines is 1. The number of ether oxygens (including phenoxy) is 1. The number of aromatic nitrogens is 2. The van der Waals surface area contributed by atoms with Gasteiger partial charge in [0.05, 0.1) is 12.1 Å². The number of hydrazine groups is 1. The lowest BCUT2D eigenvalue weighted by molar-refractivity contribution is 0.0493. The van der Waals surface area contributed by atoms with Gasteiger partial charge >= 0.3 is 5.69 Å². The lowest BCUT2D eigenvalue weighted by Gasteiger charge is -2.49. The fraction of sp³-hybridized carbons (Fsp3) is 0.565. The van der Waals surface area contributed by atoms with Gasteiger partial charge in [-0.2, -0.15) is 0 Å². The van der Waals surface area contributed by atoms with E-state index in [1.54, 1.807) is 0 Å². The Bertz CT molecular complexity index is 1030. The SMILES string of the molecule is CN1CC(NNCCCCCn2ccc(=O)[nH]c2=O)(c2ccc(F)c(OCC3CC3)c2)C1. The van der Waals surface area contributed by atoms with E-state index in [0.29, 0.717) is 24.8 Å². The molecule has 0 atom stereocenters. The molecule has 0 bridgehead atoms. The van der Waals surface area contributed by atoms with Gasteiger partial charge < -0.3 is 14.2 Å². The molecule has 1 aromatic heterocycles. The number of rotatable bonds is 12. The zero-order valence-corrected chi connectivity index (χ0v) is 18.5. The van der Waals surface area contributed by atoms with Crippen molar-refractivity contribution in [2.75, 3.05) is 33.3 Å². The van der Waals surface area contributed by atoms with Gasteiger partial charge in [0.15, 0.2) is 11.6 Å². The first-order valence-corrected chi connectivity index (χ1v) is 11.4. The largest absolute Gasteiger partial charge is 0.490 e. The summed E-state index contributed by atoms with van der Waals surface area (Å²) in [6, 6.07) is 6.53. The highest BCUT2D eigenvalue weighted by Gasteiger charge is 2.43. The molecule has 0 radical (unpaired) electrons. The van der Waals surface area contributed by atoms with Crippen LogP contribution in [0.2, 0.25) is 0 Å². The Morgan fingerprint density at radius 2 is 2.00 bits per heavy atom. The highest BCUT2D eigenvalue weighted by atomic mass is 19.1. The fourth-order valence-electron chi connectivity index (χ4n) is 4.14. The first kappa shape index (κ1) is 22.7. The standard InChI is InChI=1S/C23H32FN5O3/c1-28-15-23(16-28,18-7-8-19(24)20(13-18)32-14-17-5-6-17)27-25-10-3-2-4-11-29-12-9-21(30)26-22(29)31/h7-9,12-13,17,25,27H,2-6,10-11,14-16H2,1H3,(H,26,30,31). The van der Waals surface area contributed by atoms with Crippen molar-refractivity contribution in [3.63, 3.8) is 0 Å². The molecule has 2 aromatic rings. The lowest BCUT2D eigenvalue weighted by atomic mass is 9.83. The number of benzene rings is 1. The minimum absolute atomic E-state index is 0.274. The second kappa shape index (κ2) is 9.97. The van der Waals surface area contributed by atoms with Gasteiger partial charge in [-0.3, -0.25) is 15.2 Å². The second-order valence-electron chi connectivity index (χ2n) is 9.07. The van der Waals surface area contributed by atoms with Crippen molar-refractivity contribution in [1.82, 2.24) is 25.3 Å². The maximum Gasteiger partial charge on any atom is 0.328 e. The number of hydrogen-bond acceptors (Lipinski definition) is 6. The number of likely N-dealkylation sites (tertiary alicyclic amines) is 1. The minimum Gasteiger partial charge on any atom is -0.490 e. The van der Waals surface area contributed by atoms with E-state index in [4.69, 9.17) is 4.74 Å². The summed E-state index contributed by atoms with van der Waals surface area (Å²) in [7, 11) is 2.06. The summed E-state index contributed by atoms with van der Waals surface area (Å²) in [5, 5.41) is 0. The summed E-state index contributed by atoms with van der Waals surface area (Å²) in [5.41, 5.74) is 6.80. The van der Waals surface area contributed by atoms with Crippen LogP contribution in [-0.4, -0.2) is 47.7 Å². The van der Waals surface area contributed by atoms with Crippen LogP contribution in [0.5, 0.6) is 5.75 Å². The molecule has 1 aliphatic heterocycles. The van der Waals surface area contributed by atoms with Crippen molar-refractivity contribution in [2.45, 2.75) is 44.2 Å². The van der Waals surface area contributed by atoms with E-state index < -0.39 is 0 Å². The first-order chi connectivity index (χ1) is 15.4. The van der Waals surface area contributed by atoms with Crippen LogP contribution < -0.4 is 26.8 Å². The summed E-state index contributed by atoms with van der Waals surface area (Å²) in [6.45, 7) is 3.59. The van der Waals surface area contributed by atoms with E-state index >= 15 is 0 Å². The maximum absolute atomic E-state index is 14.2. The molecule has 4 rings (SSSR count). The number of aryl methyl sites for hydroxylation is 1. The molecule has 1 saturated heterocycles. The van der Waals surface area contributed by atoms with Crippen molar-refractivity contribution in [1.29, 1.82) is 0 Å². The highest BCUT2D eigenvalue weighted by Crippen LogP contribution is 2.35. The van der Waals surface area contributed by atoms with Crippen molar-refractivity contribution < 1.29 is 9.13 Å². The van der Waals surface area contributed by atoms with Crippen LogP contribution in [0.3, 0.4) is 0 Å². The van der Waals surface area contributed by atoms with Crippen molar-refractivity contribution in [3.8, 4) is 5.75 Å². The lowest BCUT2D eigenvalue weighted by Crippen LogP contribution is -2.68. The maximum atomic E-state index is 14.2. The summed E-state index contributed by atoms with van der Waals surface area (Å²) in [4.78, 5) is 27.3. The van der Waals surface area contributed by atoms with E-state index in [9.17, 15) is 14.0 Å². The van der Waals surface area contributed by atoms with Gasteiger partial charge in [0.1, 0.15) is 0 Å². The van der Waals surface area contributed by atoms with Crippen LogP contribution in [-0.2, 0) is 12.1 Å². The van der Waals surface area contributed by atoms with Gasteiger partial charge in [-0.25, -0.2) is 14.6 Å². The number of nitrogens with one attached hydrogen (secondary N) is 3. The fourth-order valence-corrected chi connectivity index (χ4v) is 4.14. The molecular formula is C23H32FN5O3. The molecule has 1 aromatic carbocycles. The summed E-state index contributed by atoms with van der Waals surface area (Å²) in [5.74, 6) is 0.596. The highest BCUT2D eigenvalue weighted by molar-refractivity contribution is 5.37. The normalized spacial score (nSPS) is 17.8.